The summed E-state index contributed by atoms with van der Waals surface area (Å²) in [5.74, 6) is 0.151. The molecule has 4 aromatic rings. The van der Waals surface area contributed by atoms with Crippen LogP contribution in [0.2, 0.25) is 0 Å². The smallest absolute Gasteiger partial charge is 0.122 e. The third-order valence-electron chi connectivity index (χ3n) is 3.46. The first-order valence-electron chi connectivity index (χ1n) is 7.38. The number of nitrogens with two attached hydrogens (primary N) is 2. The molecule has 0 bridgehead atoms. The molecule has 26 heavy (non-hydrogen) atoms. The highest BCUT2D eigenvalue weighted by molar-refractivity contribution is 5.98. The topological polar surface area (TPSA) is 174 Å². The summed E-state index contributed by atoms with van der Waals surface area (Å²) in [6, 6.07) is 10.9. The minimum Gasteiger partial charge on any atom is -0.384 e. The van der Waals surface area contributed by atoms with Crippen molar-refractivity contribution in [3.63, 3.8) is 0 Å². The number of H-pyrrole nitrogens is 2. The second kappa shape index (κ2) is 8.20. The predicted molar refractivity (Wildman–Crippen MR) is 101 cm³/mol. The van der Waals surface area contributed by atoms with E-state index >= 15 is 0 Å². The maximum absolute atomic E-state index is 8.00. The van der Waals surface area contributed by atoms with Crippen LogP contribution in [0, 0.1) is 10.8 Å². The Morgan fingerprint density at radius 3 is 1.54 bits per heavy atom. The van der Waals surface area contributed by atoms with E-state index in [9.17, 15) is 0 Å². The van der Waals surface area contributed by atoms with Gasteiger partial charge in [-0.2, -0.15) is 0 Å². The fraction of sp³-hybridized carbons (Fsp3) is 0. The van der Waals surface area contributed by atoms with Gasteiger partial charge in [0.25, 0.3) is 0 Å². The molecule has 0 aliphatic carbocycles. The van der Waals surface area contributed by atoms with Crippen molar-refractivity contribution in [3.8, 4) is 0 Å². The van der Waals surface area contributed by atoms with Gasteiger partial charge in [-0.3, -0.25) is 10.8 Å². The molecule has 0 saturated carbocycles. The van der Waals surface area contributed by atoms with Gasteiger partial charge in [-0.05, 0) is 36.4 Å². The number of benzene rings is 2. The van der Waals surface area contributed by atoms with Gasteiger partial charge < -0.3 is 26.2 Å². The maximum atomic E-state index is 8.00. The van der Waals surface area contributed by atoms with Crippen molar-refractivity contribution in [1.29, 1.82) is 10.8 Å². The SMILES string of the molecule is C=O.N=C(N)c1ccc2nc[nH]c2c1.N=C(N)c1ccc2nc[nH]c2c1. The van der Waals surface area contributed by atoms with Crippen LogP contribution in [0.5, 0.6) is 0 Å². The number of nitrogens with zero attached hydrogens (tertiary/aromatic N) is 2. The van der Waals surface area contributed by atoms with Gasteiger partial charge in [0.05, 0.1) is 34.7 Å². The molecule has 0 spiro atoms. The van der Waals surface area contributed by atoms with Crippen LogP contribution in [-0.2, 0) is 4.79 Å². The summed E-state index contributed by atoms with van der Waals surface area (Å²) in [5.41, 5.74) is 15.7. The molecular weight excluding hydrogens is 332 g/mol. The van der Waals surface area contributed by atoms with Gasteiger partial charge in [0.15, 0.2) is 0 Å². The van der Waals surface area contributed by atoms with Crippen molar-refractivity contribution >= 4 is 40.5 Å². The highest BCUT2D eigenvalue weighted by Gasteiger charge is 2.00. The fourth-order valence-electron chi connectivity index (χ4n) is 2.21. The maximum Gasteiger partial charge on any atom is 0.122 e. The third-order valence-corrected chi connectivity index (χ3v) is 3.46. The summed E-state index contributed by atoms with van der Waals surface area (Å²) >= 11 is 0. The van der Waals surface area contributed by atoms with Gasteiger partial charge in [-0.1, -0.05) is 0 Å². The zero-order valence-corrected chi connectivity index (χ0v) is 13.8. The summed E-state index contributed by atoms with van der Waals surface area (Å²) in [4.78, 5) is 22.0. The summed E-state index contributed by atoms with van der Waals surface area (Å²) < 4.78 is 0. The Morgan fingerprint density at radius 1 is 0.808 bits per heavy atom. The molecule has 0 aliphatic rings. The van der Waals surface area contributed by atoms with E-state index in [4.69, 9.17) is 27.1 Å². The lowest BCUT2D eigenvalue weighted by Gasteiger charge is -1.96. The fourth-order valence-corrected chi connectivity index (χ4v) is 2.21. The number of imidazole rings is 2. The molecule has 0 unspecified atom stereocenters. The third kappa shape index (κ3) is 4.09. The summed E-state index contributed by atoms with van der Waals surface area (Å²) in [5, 5.41) is 14.4. The minimum atomic E-state index is 0.0755. The summed E-state index contributed by atoms with van der Waals surface area (Å²) in [6.07, 6.45) is 3.24. The first-order valence-corrected chi connectivity index (χ1v) is 7.38. The molecule has 0 fully saturated rings. The van der Waals surface area contributed by atoms with Gasteiger partial charge in [-0.15, -0.1) is 0 Å². The van der Waals surface area contributed by atoms with Crippen LogP contribution in [0.15, 0.2) is 49.1 Å². The summed E-state index contributed by atoms with van der Waals surface area (Å²) in [7, 11) is 0. The molecule has 0 radical (unpaired) electrons. The standard InChI is InChI=1S/2C8H8N4.CH2O/c2*9-8(10)5-1-2-6-7(3-5)12-4-11-6;1-2/h2*1-4H,(H3,9,10)(H,11,12);1H2. The number of rotatable bonds is 2. The Labute approximate surface area is 148 Å². The number of nitrogen functional groups attached to an aromatic ring is 2. The van der Waals surface area contributed by atoms with Crippen LogP contribution in [0.4, 0.5) is 0 Å². The lowest BCUT2D eigenvalue weighted by Crippen LogP contribution is -2.10. The normalized spacial score (nSPS) is 9.69. The van der Waals surface area contributed by atoms with Gasteiger partial charge in [0, 0.05) is 11.1 Å². The Balaban J connectivity index is 0.000000171. The van der Waals surface area contributed by atoms with Gasteiger partial charge in [0.2, 0.25) is 0 Å². The number of hydrogen-bond acceptors (Lipinski definition) is 5. The number of nitrogens with one attached hydrogen (secondary N) is 4. The summed E-state index contributed by atoms with van der Waals surface area (Å²) in [6.45, 7) is 2.00. The molecule has 2 aromatic carbocycles. The number of hydrogen-bond donors (Lipinski definition) is 6. The predicted octanol–water partition coefficient (Wildman–Crippen LogP) is 1.51. The van der Waals surface area contributed by atoms with Crippen molar-refractivity contribution in [2.75, 3.05) is 0 Å². The zero-order chi connectivity index (χ0) is 19.1. The molecule has 9 nitrogen and oxygen atoms in total. The molecule has 0 amide bonds. The quantitative estimate of drug-likeness (QED) is 0.237. The lowest BCUT2D eigenvalue weighted by molar-refractivity contribution is -0.0979. The van der Waals surface area contributed by atoms with Gasteiger partial charge in [0.1, 0.15) is 18.5 Å². The first-order chi connectivity index (χ1) is 12.5. The molecule has 2 heterocycles. The van der Waals surface area contributed by atoms with Crippen molar-refractivity contribution in [2.45, 2.75) is 0 Å². The molecule has 8 N–H and O–H groups in total. The lowest BCUT2D eigenvalue weighted by atomic mass is 10.2. The van der Waals surface area contributed by atoms with Crippen molar-refractivity contribution in [2.24, 2.45) is 11.5 Å². The van der Waals surface area contributed by atoms with Crippen LogP contribution in [0.25, 0.3) is 22.1 Å². The van der Waals surface area contributed by atoms with E-state index in [2.05, 4.69) is 19.9 Å². The minimum absolute atomic E-state index is 0.0755. The molecule has 2 aromatic heterocycles. The number of fused-ring (bicyclic) bond motifs is 2. The Kier molecular flexibility index (Phi) is 5.78. The molecule has 0 saturated heterocycles. The number of aromatic amines is 2. The van der Waals surface area contributed by atoms with Crippen LogP contribution in [0.3, 0.4) is 0 Å². The van der Waals surface area contributed by atoms with E-state index in [1.807, 2.05) is 31.1 Å². The molecule has 0 aliphatic heterocycles. The number of carbonyl (C=O) groups is 1. The Hall–Kier alpha value is -4.01. The second-order valence-electron chi connectivity index (χ2n) is 5.10. The monoisotopic (exact) mass is 350 g/mol. The van der Waals surface area contributed by atoms with E-state index in [1.165, 1.54) is 0 Å². The van der Waals surface area contributed by atoms with Crippen LogP contribution >= 0.6 is 0 Å². The van der Waals surface area contributed by atoms with Crippen molar-refractivity contribution in [3.05, 3.63) is 60.2 Å². The van der Waals surface area contributed by atoms with Gasteiger partial charge in [-0.25, -0.2) is 9.97 Å². The Bertz CT molecular complexity index is 965. The highest BCUT2D eigenvalue weighted by atomic mass is 16.1. The van der Waals surface area contributed by atoms with Crippen LogP contribution < -0.4 is 11.5 Å². The molecule has 9 heteroatoms. The van der Waals surface area contributed by atoms with Crippen molar-refractivity contribution in [1.82, 2.24) is 19.9 Å². The number of aromatic nitrogens is 4. The molecule has 0 atom stereocenters. The van der Waals surface area contributed by atoms with E-state index in [0.717, 1.165) is 22.1 Å². The van der Waals surface area contributed by atoms with Crippen LogP contribution in [-0.4, -0.2) is 38.4 Å². The van der Waals surface area contributed by atoms with Crippen molar-refractivity contribution < 1.29 is 4.79 Å². The van der Waals surface area contributed by atoms with E-state index in [1.54, 1.807) is 24.8 Å². The number of amidine groups is 2. The van der Waals surface area contributed by atoms with Gasteiger partial charge >= 0.3 is 0 Å². The second-order valence-corrected chi connectivity index (χ2v) is 5.10. The van der Waals surface area contributed by atoms with E-state index in [0.29, 0.717) is 11.1 Å². The molecule has 132 valence electrons. The zero-order valence-electron chi connectivity index (χ0n) is 13.8. The largest absolute Gasteiger partial charge is 0.384 e. The van der Waals surface area contributed by atoms with E-state index < -0.39 is 0 Å². The van der Waals surface area contributed by atoms with Crippen LogP contribution in [0.1, 0.15) is 11.1 Å². The average Bonchev–Trinajstić information content (AvgIpc) is 3.31. The van der Waals surface area contributed by atoms with E-state index in [-0.39, 0.29) is 11.7 Å². The first kappa shape index (κ1) is 18.3. The molecular formula is C17H18N8O. The average molecular weight is 350 g/mol. The number of carbonyl (C=O) groups excluding carboxylic acids is 1. The molecule has 4 rings (SSSR count). The highest BCUT2D eigenvalue weighted by Crippen LogP contribution is 2.11. The Morgan fingerprint density at radius 2 is 1.19 bits per heavy atom.